The van der Waals surface area contributed by atoms with Crippen molar-refractivity contribution in [2.45, 2.75) is 10.9 Å². The smallest absolute Gasteiger partial charge is 0.242 e. The Hall–Kier alpha value is -1.76. The summed E-state index contributed by atoms with van der Waals surface area (Å²) in [6, 6.07) is 12.0. The molecule has 1 atom stereocenters. The zero-order valence-corrected chi connectivity index (χ0v) is 11.0. The van der Waals surface area contributed by atoms with Gasteiger partial charge in [-0.05, 0) is 17.7 Å². The molecule has 0 saturated carbocycles. The van der Waals surface area contributed by atoms with Crippen LogP contribution in [-0.2, 0) is 10.0 Å². The van der Waals surface area contributed by atoms with Gasteiger partial charge < -0.3 is 5.73 Å². The van der Waals surface area contributed by atoms with Crippen LogP contribution < -0.4 is 10.5 Å². The van der Waals surface area contributed by atoms with Gasteiger partial charge in [-0.3, -0.25) is 4.98 Å². The maximum atomic E-state index is 12.0. The molecule has 0 aliphatic carbocycles. The highest BCUT2D eigenvalue weighted by atomic mass is 32.2. The fourth-order valence-electron chi connectivity index (χ4n) is 1.61. The highest BCUT2D eigenvalue weighted by molar-refractivity contribution is 7.89. The number of pyridine rings is 1. The third-order valence-corrected chi connectivity index (χ3v) is 4.07. The summed E-state index contributed by atoms with van der Waals surface area (Å²) in [6.45, 7) is 0.140. The fourth-order valence-corrected chi connectivity index (χ4v) is 2.63. The molecule has 3 N–H and O–H groups in total. The Morgan fingerprint density at radius 2 is 1.89 bits per heavy atom. The summed E-state index contributed by atoms with van der Waals surface area (Å²) in [5.74, 6) is 0. The highest BCUT2D eigenvalue weighted by Crippen LogP contribution is 2.10. The number of rotatable bonds is 5. The molecule has 0 aliphatic heterocycles. The first-order chi connectivity index (χ1) is 9.09. The molecule has 0 aliphatic rings. The van der Waals surface area contributed by atoms with Crippen molar-refractivity contribution < 1.29 is 8.42 Å². The molecule has 2 rings (SSSR count). The molecule has 1 aromatic heterocycles. The van der Waals surface area contributed by atoms with Gasteiger partial charge in [-0.1, -0.05) is 30.3 Å². The van der Waals surface area contributed by atoms with Gasteiger partial charge in [0.25, 0.3) is 0 Å². The Morgan fingerprint density at radius 1 is 1.16 bits per heavy atom. The molecular weight excluding hydrogens is 262 g/mol. The molecule has 1 heterocycles. The monoisotopic (exact) mass is 277 g/mol. The van der Waals surface area contributed by atoms with Crippen molar-refractivity contribution in [3.63, 3.8) is 0 Å². The molecule has 6 heteroatoms. The van der Waals surface area contributed by atoms with Crippen LogP contribution >= 0.6 is 0 Å². The van der Waals surface area contributed by atoms with Crippen LogP contribution in [0, 0.1) is 0 Å². The van der Waals surface area contributed by atoms with Gasteiger partial charge in [0.2, 0.25) is 10.0 Å². The van der Waals surface area contributed by atoms with E-state index in [0.29, 0.717) is 0 Å². The molecule has 0 bridgehead atoms. The average molecular weight is 277 g/mol. The summed E-state index contributed by atoms with van der Waals surface area (Å²) >= 11 is 0. The Balaban J connectivity index is 2.03. The molecule has 0 saturated heterocycles. The Bertz CT molecular complexity index is 615. The van der Waals surface area contributed by atoms with Crippen LogP contribution in [0.5, 0.6) is 0 Å². The van der Waals surface area contributed by atoms with Gasteiger partial charge in [0.1, 0.15) is 4.90 Å². The van der Waals surface area contributed by atoms with Crippen molar-refractivity contribution >= 4 is 10.0 Å². The topological polar surface area (TPSA) is 85.1 Å². The second kappa shape index (κ2) is 5.92. The SMILES string of the molecule is NC(CNS(=O)(=O)c1cccnc1)c1ccccc1. The van der Waals surface area contributed by atoms with E-state index in [9.17, 15) is 8.42 Å². The van der Waals surface area contributed by atoms with E-state index < -0.39 is 10.0 Å². The minimum absolute atomic E-state index is 0.135. The zero-order valence-electron chi connectivity index (χ0n) is 10.2. The van der Waals surface area contributed by atoms with Crippen LogP contribution in [0.4, 0.5) is 0 Å². The summed E-state index contributed by atoms with van der Waals surface area (Å²) in [4.78, 5) is 3.92. The molecular formula is C13H15N3O2S. The van der Waals surface area contributed by atoms with E-state index in [4.69, 9.17) is 5.73 Å². The quantitative estimate of drug-likeness (QED) is 0.855. The average Bonchev–Trinajstić information content (AvgIpc) is 2.47. The number of hydrogen-bond acceptors (Lipinski definition) is 4. The van der Waals surface area contributed by atoms with Crippen molar-refractivity contribution in [3.05, 3.63) is 60.4 Å². The Labute approximate surface area is 112 Å². The molecule has 5 nitrogen and oxygen atoms in total. The molecule has 2 aromatic rings. The largest absolute Gasteiger partial charge is 0.323 e. The van der Waals surface area contributed by atoms with Crippen LogP contribution in [0.2, 0.25) is 0 Å². The zero-order chi connectivity index (χ0) is 13.7. The van der Waals surface area contributed by atoms with Crippen molar-refractivity contribution in [2.75, 3.05) is 6.54 Å². The van der Waals surface area contributed by atoms with Gasteiger partial charge in [-0.2, -0.15) is 0 Å². The summed E-state index contributed by atoms with van der Waals surface area (Å²) in [5.41, 5.74) is 6.82. The molecule has 100 valence electrons. The second-order valence-corrected chi connectivity index (χ2v) is 5.82. The number of benzene rings is 1. The lowest BCUT2D eigenvalue weighted by Crippen LogP contribution is -2.32. The molecule has 0 spiro atoms. The number of hydrogen-bond donors (Lipinski definition) is 2. The second-order valence-electron chi connectivity index (χ2n) is 4.06. The standard InChI is InChI=1S/C13H15N3O2S/c14-13(11-5-2-1-3-6-11)10-16-19(17,18)12-7-4-8-15-9-12/h1-9,13,16H,10,14H2. The van der Waals surface area contributed by atoms with E-state index in [1.165, 1.54) is 18.5 Å². The molecule has 1 aromatic carbocycles. The molecule has 0 amide bonds. The number of aromatic nitrogens is 1. The van der Waals surface area contributed by atoms with Crippen molar-refractivity contribution in [2.24, 2.45) is 5.73 Å². The van der Waals surface area contributed by atoms with Gasteiger partial charge in [-0.25, -0.2) is 13.1 Å². The van der Waals surface area contributed by atoms with Gasteiger partial charge in [0.15, 0.2) is 0 Å². The Morgan fingerprint density at radius 3 is 2.53 bits per heavy atom. The summed E-state index contributed by atoms with van der Waals surface area (Å²) < 4.78 is 26.4. The van der Waals surface area contributed by atoms with Crippen molar-refractivity contribution in [3.8, 4) is 0 Å². The van der Waals surface area contributed by atoms with Crippen molar-refractivity contribution in [1.29, 1.82) is 0 Å². The number of nitrogens with zero attached hydrogens (tertiary/aromatic N) is 1. The first-order valence-corrected chi connectivity index (χ1v) is 7.28. The molecule has 0 fully saturated rings. The van der Waals surface area contributed by atoms with Crippen LogP contribution in [0.1, 0.15) is 11.6 Å². The molecule has 0 radical (unpaired) electrons. The summed E-state index contributed by atoms with van der Waals surface area (Å²) in [5, 5.41) is 0. The van der Waals surface area contributed by atoms with E-state index in [0.717, 1.165) is 5.56 Å². The lowest BCUT2D eigenvalue weighted by Gasteiger charge is -2.13. The van der Waals surface area contributed by atoms with Crippen molar-refractivity contribution in [1.82, 2.24) is 9.71 Å². The first kappa shape index (κ1) is 13.7. The van der Waals surface area contributed by atoms with E-state index in [1.54, 1.807) is 6.07 Å². The minimum atomic E-state index is -3.56. The van der Waals surface area contributed by atoms with E-state index >= 15 is 0 Å². The van der Waals surface area contributed by atoms with E-state index in [2.05, 4.69) is 9.71 Å². The molecule has 19 heavy (non-hydrogen) atoms. The third-order valence-electron chi connectivity index (χ3n) is 2.67. The fraction of sp³-hybridized carbons (Fsp3) is 0.154. The third kappa shape index (κ3) is 3.60. The highest BCUT2D eigenvalue weighted by Gasteiger charge is 2.15. The maximum Gasteiger partial charge on any atom is 0.242 e. The van der Waals surface area contributed by atoms with E-state index in [-0.39, 0.29) is 17.5 Å². The lowest BCUT2D eigenvalue weighted by atomic mass is 10.1. The minimum Gasteiger partial charge on any atom is -0.323 e. The normalized spacial score (nSPS) is 13.1. The van der Waals surface area contributed by atoms with Gasteiger partial charge in [0.05, 0.1) is 0 Å². The summed E-state index contributed by atoms with van der Waals surface area (Å²) in [7, 11) is -3.56. The predicted molar refractivity (Wildman–Crippen MR) is 72.8 cm³/mol. The number of nitrogens with one attached hydrogen (secondary N) is 1. The number of nitrogens with two attached hydrogens (primary N) is 1. The van der Waals surface area contributed by atoms with Crippen LogP contribution in [0.25, 0.3) is 0 Å². The Kier molecular flexibility index (Phi) is 4.26. The first-order valence-electron chi connectivity index (χ1n) is 5.80. The van der Waals surface area contributed by atoms with Crippen LogP contribution in [0.15, 0.2) is 59.8 Å². The number of sulfonamides is 1. The van der Waals surface area contributed by atoms with E-state index in [1.807, 2.05) is 30.3 Å². The summed E-state index contributed by atoms with van der Waals surface area (Å²) in [6.07, 6.45) is 2.82. The van der Waals surface area contributed by atoms with Gasteiger partial charge in [-0.15, -0.1) is 0 Å². The van der Waals surface area contributed by atoms with Crippen LogP contribution in [0.3, 0.4) is 0 Å². The van der Waals surface area contributed by atoms with Gasteiger partial charge >= 0.3 is 0 Å². The van der Waals surface area contributed by atoms with Gasteiger partial charge in [0, 0.05) is 25.0 Å². The maximum absolute atomic E-state index is 12.0. The lowest BCUT2D eigenvalue weighted by molar-refractivity contribution is 0.572. The predicted octanol–water partition coefficient (Wildman–Crippen LogP) is 1.06. The molecule has 1 unspecified atom stereocenters. The van der Waals surface area contributed by atoms with Crippen LogP contribution in [-0.4, -0.2) is 19.9 Å².